The van der Waals surface area contributed by atoms with Gasteiger partial charge in [0.15, 0.2) is 5.78 Å². The summed E-state index contributed by atoms with van der Waals surface area (Å²) in [6, 6.07) is 16.9. The maximum Gasteiger partial charge on any atom is 0.193 e. The Morgan fingerprint density at radius 1 is 0.897 bits per heavy atom. The van der Waals surface area contributed by atoms with E-state index in [0.717, 1.165) is 24.3 Å². The molecule has 0 aliphatic rings. The van der Waals surface area contributed by atoms with Crippen molar-refractivity contribution in [1.29, 1.82) is 0 Å². The third kappa shape index (κ3) is 7.09. The van der Waals surface area contributed by atoms with Crippen LogP contribution in [0.4, 0.5) is 0 Å². The zero-order chi connectivity index (χ0) is 21.5. The fourth-order valence-corrected chi connectivity index (χ4v) is 3.17. The van der Waals surface area contributed by atoms with E-state index in [2.05, 4.69) is 27.7 Å². The third-order valence-corrected chi connectivity index (χ3v) is 5.53. The van der Waals surface area contributed by atoms with Crippen LogP contribution in [0.1, 0.15) is 88.7 Å². The largest absolute Gasteiger partial charge is 0.289 e. The molecule has 29 heavy (non-hydrogen) atoms. The van der Waals surface area contributed by atoms with E-state index in [1.54, 1.807) is 0 Å². The highest BCUT2D eigenvalue weighted by atomic mass is 17.2. The monoisotopic (exact) mass is 396 g/mol. The van der Waals surface area contributed by atoms with Gasteiger partial charge in [-0.3, -0.25) is 4.79 Å². The molecule has 158 valence electrons. The SMILES string of the molecule is CCC(C)CCCC(C)(C)OOC(C)(C)c1ccc(C(=O)c2ccccc2)cc1. The average molecular weight is 397 g/mol. The summed E-state index contributed by atoms with van der Waals surface area (Å²) in [5.41, 5.74) is 1.38. The molecule has 1 atom stereocenters. The fraction of sp³-hybridized carbons (Fsp3) is 0.500. The highest BCUT2D eigenvalue weighted by molar-refractivity contribution is 6.08. The molecule has 2 aromatic rings. The molecule has 2 aromatic carbocycles. The maximum atomic E-state index is 12.6. The summed E-state index contributed by atoms with van der Waals surface area (Å²) < 4.78 is 0. The molecule has 0 aliphatic heterocycles. The first-order valence-corrected chi connectivity index (χ1v) is 10.7. The number of hydrogen-bond acceptors (Lipinski definition) is 3. The van der Waals surface area contributed by atoms with Gasteiger partial charge in [0.05, 0.1) is 5.60 Å². The second-order valence-corrected chi connectivity index (χ2v) is 9.11. The van der Waals surface area contributed by atoms with Crippen LogP contribution in [0, 0.1) is 5.92 Å². The van der Waals surface area contributed by atoms with Crippen LogP contribution in [0.5, 0.6) is 0 Å². The van der Waals surface area contributed by atoms with Crippen molar-refractivity contribution in [3.05, 3.63) is 71.3 Å². The fourth-order valence-electron chi connectivity index (χ4n) is 3.17. The lowest BCUT2D eigenvalue weighted by Crippen LogP contribution is -2.31. The smallest absolute Gasteiger partial charge is 0.193 e. The van der Waals surface area contributed by atoms with E-state index in [-0.39, 0.29) is 11.4 Å². The minimum Gasteiger partial charge on any atom is -0.289 e. The van der Waals surface area contributed by atoms with E-state index in [1.165, 1.54) is 12.8 Å². The van der Waals surface area contributed by atoms with Gasteiger partial charge in [0.25, 0.3) is 0 Å². The lowest BCUT2D eigenvalue weighted by atomic mass is 9.95. The van der Waals surface area contributed by atoms with E-state index in [1.807, 2.05) is 68.4 Å². The summed E-state index contributed by atoms with van der Waals surface area (Å²) in [7, 11) is 0. The molecule has 0 radical (unpaired) electrons. The Kier molecular flexibility index (Phi) is 8.18. The molecule has 2 rings (SSSR count). The first kappa shape index (κ1) is 23.3. The maximum absolute atomic E-state index is 12.6. The minimum atomic E-state index is -0.609. The number of carbonyl (C=O) groups is 1. The van der Waals surface area contributed by atoms with E-state index < -0.39 is 5.60 Å². The molecule has 0 bridgehead atoms. The molecule has 0 aromatic heterocycles. The normalized spacial score (nSPS) is 13.3. The van der Waals surface area contributed by atoms with Gasteiger partial charge in [-0.1, -0.05) is 87.7 Å². The summed E-state index contributed by atoms with van der Waals surface area (Å²) in [6.45, 7) is 12.6. The van der Waals surface area contributed by atoms with Gasteiger partial charge in [0.2, 0.25) is 0 Å². The molecule has 0 fully saturated rings. The quantitative estimate of drug-likeness (QED) is 0.231. The van der Waals surface area contributed by atoms with Gasteiger partial charge in [-0.15, -0.1) is 0 Å². The molecule has 0 aliphatic carbocycles. The molecular weight excluding hydrogens is 360 g/mol. The first-order chi connectivity index (χ1) is 13.6. The third-order valence-electron chi connectivity index (χ3n) is 5.53. The van der Waals surface area contributed by atoms with Crippen LogP contribution in [0.3, 0.4) is 0 Å². The van der Waals surface area contributed by atoms with Gasteiger partial charge in [-0.2, -0.15) is 0 Å². The zero-order valence-electron chi connectivity index (χ0n) is 18.8. The molecular formula is C26H36O3. The van der Waals surface area contributed by atoms with Gasteiger partial charge >= 0.3 is 0 Å². The van der Waals surface area contributed by atoms with Crippen LogP contribution in [0.2, 0.25) is 0 Å². The predicted octanol–water partition coefficient (Wildman–Crippen LogP) is 7.10. The van der Waals surface area contributed by atoms with E-state index in [4.69, 9.17) is 9.78 Å². The molecule has 3 nitrogen and oxygen atoms in total. The molecule has 0 spiro atoms. The number of carbonyl (C=O) groups excluding carboxylic acids is 1. The number of hydrogen-bond donors (Lipinski definition) is 0. The van der Waals surface area contributed by atoms with Crippen LogP contribution in [0.25, 0.3) is 0 Å². The highest BCUT2D eigenvalue weighted by Crippen LogP contribution is 2.30. The van der Waals surface area contributed by atoms with Crippen molar-refractivity contribution in [2.24, 2.45) is 5.92 Å². The van der Waals surface area contributed by atoms with Crippen molar-refractivity contribution in [2.45, 2.75) is 78.4 Å². The standard InChI is InChI=1S/C26H36O3/c1-7-20(2)12-11-19-25(3,4)28-29-26(5,6)23-17-15-22(16-18-23)24(27)21-13-9-8-10-14-21/h8-10,13-18,20H,7,11-12,19H2,1-6H3. The van der Waals surface area contributed by atoms with Crippen LogP contribution in [-0.2, 0) is 15.4 Å². The van der Waals surface area contributed by atoms with Crippen molar-refractivity contribution < 1.29 is 14.6 Å². The highest BCUT2D eigenvalue weighted by Gasteiger charge is 2.28. The van der Waals surface area contributed by atoms with Crippen LogP contribution < -0.4 is 0 Å². The van der Waals surface area contributed by atoms with Crippen LogP contribution in [0.15, 0.2) is 54.6 Å². The molecule has 0 N–H and O–H groups in total. The van der Waals surface area contributed by atoms with Gasteiger partial charge in [0, 0.05) is 11.1 Å². The molecule has 0 heterocycles. The Hall–Kier alpha value is -1.97. The van der Waals surface area contributed by atoms with Crippen molar-refractivity contribution in [1.82, 2.24) is 0 Å². The van der Waals surface area contributed by atoms with E-state index in [0.29, 0.717) is 11.1 Å². The van der Waals surface area contributed by atoms with E-state index in [9.17, 15) is 4.79 Å². The minimum absolute atomic E-state index is 0.0227. The Balaban J connectivity index is 1.95. The molecule has 1 unspecified atom stereocenters. The molecule has 0 amide bonds. The van der Waals surface area contributed by atoms with Gasteiger partial charge in [0.1, 0.15) is 5.60 Å². The predicted molar refractivity (Wildman–Crippen MR) is 119 cm³/mol. The Morgan fingerprint density at radius 3 is 2.07 bits per heavy atom. The van der Waals surface area contributed by atoms with Crippen molar-refractivity contribution in [2.75, 3.05) is 0 Å². The van der Waals surface area contributed by atoms with Crippen molar-refractivity contribution in [3.63, 3.8) is 0 Å². The second kappa shape index (κ2) is 10.2. The van der Waals surface area contributed by atoms with Crippen LogP contribution in [-0.4, -0.2) is 11.4 Å². The number of benzene rings is 2. The summed E-state index contributed by atoms with van der Waals surface area (Å²) in [6.07, 6.45) is 4.51. The molecule has 0 saturated heterocycles. The molecule has 0 saturated carbocycles. The summed E-state index contributed by atoms with van der Waals surface area (Å²) in [4.78, 5) is 24.3. The molecule has 3 heteroatoms. The van der Waals surface area contributed by atoms with Gasteiger partial charge < -0.3 is 0 Å². The van der Waals surface area contributed by atoms with Crippen LogP contribution >= 0.6 is 0 Å². The van der Waals surface area contributed by atoms with Gasteiger partial charge in [-0.05, 0) is 45.6 Å². The average Bonchev–Trinajstić information content (AvgIpc) is 2.72. The lowest BCUT2D eigenvalue weighted by molar-refractivity contribution is -0.406. The Bertz CT molecular complexity index is 760. The number of ketones is 1. The Morgan fingerprint density at radius 2 is 1.48 bits per heavy atom. The first-order valence-electron chi connectivity index (χ1n) is 10.7. The van der Waals surface area contributed by atoms with Gasteiger partial charge in [-0.25, -0.2) is 9.78 Å². The topological polar surface area (TPSA) is 35.5 Å². The summed E-state index contributed by atoms with van der Waals surface area (Å²) in [5, 5.41) is 0. The van der Waals surface area contributed by atoms with Crippen molar-refractivity contribution >= 4 is 5.78 Å². The summed E-state index contributed by atoms with van der Waals surface area (Å²) in [5.74, 6) is 0.773. The van der Waals surface area contributed by atoms with Crippen molar-refractivity contribution in [3.8, 4) is 0 Å². The Labute approximate surface area is 176 Å². The summed E-state index contributed by atoms with van der Waals surface area (Å²) >= 11 is 0. The zero-order valence-corrected chi connectivity index (χ0v) is 18.8. The van der Waals surface area contributed by atoms with E-state index >= 15 is 0 Å². The second-order valence-electron chi connectivity index (χ2n) is 9.11. The lowest BCUT2D eigenvalue weighted by Gasteiger charge is -2.31. The number of rotatable bonds is 11.